The van der Waals surface area contributed by atoms with Crippen molar-refractivity contribution >= 4 is 34.8 Å². The summed E-state index contributed by atoms with van der Waals surface area (Å²) in [5.74, 6) is -0.782. The Bertz CT molecular complexity index is 512. The third-order valence-corrected chi connectivity index (χ3v) is 5.02. The average Bonchev–Trinajstić information content (AvgIpc) is 2.90. The number of carbonyl (C=O) groups excluding carboxylic acids is 1. The van der Waals surface area contributed by atoms with Crippen molar-refractivity contribution in [1.82, 2.24) is 9.80 Å². The Kier molecular flexibility index (Phi) is 5.61. The van der Waals surface area contributed by atoms with Gasteiger partial charge in [0.05, 0.1) is 15.8 Å². The van der Waals surface area contributed by atoms with E-state index in [0.29, 0.717) is 28.8 Å². The van der Waals surface area contributed by atoms with Crippen molar-refractivity contribution in [2.75, 3.05) is 26.2 Å². The molecule has 1 amide bonds. The van der Waals surface area contributed by atoms with Crippen molar-refractivity contribution in [3.63, 3.8) is 0 Å². The van der Waals surface area contributed by atoms with Crippen LogP contribution in [0.3, 0.4) is 0 Å². The number of rotatable bonds is 5. The minimum Gasteiger partial charge on any atom is -0.480 e. The van der Waals surface area contributed by atoms with E-state index in [1.165, 1.54) is 11.3 Å². The molecule has 0 saturated carbocycles. The largest absolute Gasteiger partial charge is 0.480 e. The fourth-order valence-electron chi connectivity index (χ4n) is 2.69. The Morgan fingerprint density at radius 2 is 2.10 bits per heavy atom. The highest BCUT2D eigenvalue weighted by atomic mass is 35.5. The normalized spacial score (nSPS) is 16.4. The van der Waals surface area contributed by atoms with Crippen molar-refractivity contribution in [3.8, 4) is 0 Å². The number of hydrogen-bond donors (Lipinski definition) is 1. The zero-order valence-corrected chi connectivity index (χ0v) is 13.5. The van der Waals surface area contributed by atoms with Gasteiger partial charge in [-0.05, 0) is 31.5 Å². The number of thiophene rings is 1. The molecule has 1 aromatic heterocycles. The van der Waals surface area contributed by atoms with Gasteiger partial charge in [0.2, 0.25) is 0 Å². The molecule has 7 heteroatoms. The molecule has 1 aliphatic heterocycles. The second-order valence-electron chi connectivity index (χ2n) is 5.08. The van der Waals surface area contributed by atoms with E-state index in [-0.39, 0.29) is 18.5 Å². The summed E-state index contributed by atoms with van der Waals surface area (Å²) >= 11 is 7.16. The highest BCUT2D eigenvalue weighted by molar-refractivity contribution is 7.17. The third kappa shape index (κ3) is 4.18. The van der Waals surface area contributed by atoms with Gasteiger partial charge >= 0.3 is 5.97 Å². The van der Waals surface area contributed by atoms with Crippen LogP contribution in [0.15, 0.2) is 12.1 Å². The fourth-order valence-corrected chi connectivity index (χ4v) is 3.70. The number of carbonyl (C=O) groups is 2. The summed E-state index contributed by atoms with van der Waals surface area (Å²) in [4.78, 5) is 27.6. The summed E-state index contributed by atoms with van der Waals surface area (Å²) in [7, 11) is 0. The van der Waals surface area contributed by atoms with Crippen LogP contribution < -0.4 is 0 Å². The SMILES string of the molecule is CCN(CC(=O)O)C1CCN(C(=O)c2ccc(Cl)s2)CC1. The molecule has 0 aliphatic carbocycles. The second-order valence-corrected chi connectivity index (χ2v) is 6.80. The Hall–Kier alpha value is -1.11. The number of carboxylic acids is 1. The molecule has 1 aliphatic rings. The standard InChI is InChI=1S/C14H19ClN2O3S/c1-2-16(9-13(18)19)10-5-7-17(8-6-10)14(20)11-3-4-12(15)21-11/h3-4,10H,2,5-9H2,1H3,(H,18,19). The Balaban J connectivity index is 1.90. The van der Waals surface area contributed by atoms with Gasteiger partial charge in [-0.1, -0.05) is 18.5 Å². The summed E-state index contributed by atoms with van der Waals surface area (Å²) in [6.45, 7) is 4.07. The van der Waals surface area contributed by atoms with E-state index in [1.807, 2.05) is 16.7 Å². The van der Waals surface area contributed by atoms with Crippen LogP contribution in [0.25, 0.3) is 0 Å². The molecule has 1 fully saturated rings. The van der Waals surface area contributed by atoms with Gasteiger partial charge in [-0.3, -0.25) is 14.5 Å². The molecule has 21 heavy (non-hydrogen) atoms. The van der Waals surface area contributed by atoms with Crippen molar-refractivity contribution in [1.29, 1.82) is 0 Å². The number of nitrogens with zero attached hydrogens (tertiary/aromatic N) is 2. The van der Waals surface area contributed by atoms with Crippen molar-refractivity contribution < 1.29 is 14.7 Å². The number of aliphatic carboxylic acids is 1. The molecule has 0 bridgehead atoms. The third-order valence-electron chi connectivity index (χ3n) is 3.80. The molecular formula is C14H19ClN2O3S. The summed E-state index contributed by atoms with van der Waals surface area (Å²) in [5.41, 5.74) is 0. The molecular weight excluding hydrogens is 312 g/mol. The summed E-state index contributed by atoms with van der Waals surface area (Å²) in [6, 6.07) is 3.73. The predicted octanol–water partition coefficient (Wildman–Crippen LogP) is 2.41. The lowest BCUT2D eigenvalue weighted by Crippen LogP contribution is -2.48. The molecule has 2 rings (SSSR count). The first-order valence-electron chi connectivity index (χ1n) is 7.01. The number of likely N-dealkylation sites (tertiary alicyclic amines) is 1. The van der Waals surface area contributed by atoms with Gasteiger partial charge in [0.1, 0.15) is 0 Å². The van der Waals surface area contributed by atoms with Gasteiger partial charge in [-0.2, -0.15) is 0 Å². The van der Waals surface area contributed by atoms with Gasteiger partial charge in [-0.25, -0.2) is 0 Å². The quantitative estimate of drug-likeness (QED) is 0.900. The monoisotopic (exact) mass is 330 g/mol. The van der Waals surface area contributed by atoms with Crippen LogP contribution in [0.1, 0.15) is 29.4 Å². The molecule has 0 unspecified atom stereocenters. The van der Waals surface area contributed by atoms with E-state index in [1.54, 1.807) is 12.1 Å². The Morgan fingerprint density at radius 3 is 2.57 bits per heavy atom. The highest BCUT2D eigenvalue weighted by Crippen LogP contribution is 2.25. The maximum absolute atomic E-state index is 12.3. The van der Waals surface area contributed by atoms with Gasteiger partial charge in [-0.15, -0.1) is 11.3 Å². The molecule has 1 saturated heterocycles. The van der Waals surface area contributed by atoms with Crippen LogP contribution in [-0.2, 0) is 4.79 Å². The minimum atomic E-state index is -0.802. The second kappa shape index (κ2) is 7.24. The van der Waals surface area contributed by atoms with Crippen LogP contribution in [0.5, 0.6) is 0 Å². The predicted molar refractivity (Wildman–Crippen MR) is 83.1 cm³/mol. The van der Waals surface area contributed by atoms with E-state index >= 15 is 0 Å². The van der Waals surface area contributed by atoms with Crippen LogP contribution in [0.4, 0.5) is 0 Å². The van der Waals surface area contributed by atoms with Crippen molar-refractivity contribution in [3.05, 3.63) is 21.3 Å². The molecule has 5 nitrogen and oxygen atoms in total. The first kappa shape index (κ1) is 16.3. The van der Waals surface area contributed by atoms with Crippen LogP contribution >= 0.6 is 22.9 Å². The number of carboxylic acid groups (broad SMARTS) is 1. The van der Waals surface area contributed by atoms with Crippen LogP contribution in [-0.4, -0.2) is 59.0 Å². The van der Waals surface area contributed by atoms with Crippen LogP contribution in [0, 0.1) is 0 Å². The van der Waals surface area contributed by atoms with Crippen LogP contribution in [0.2, 0.25) is 4.34 Å². The molecule has 0 radical (unpaired) electrons. The molecule has 1 aromatic rings. The average molecular weight is 331 g/mol. The van der Waals surface area contributed by atoms with E-state index in [9.17, 15) is 9.59 Å². The van der Waals surface area contributed by atoms with E-state index < -0.39 is 5.97 Å². The highest BCUT2D eigenvalue weighted by Gasteiger charge is 2.28. The zero-order valence-electron chi connectivity index (χ0n) is 11.9. The lowest BCUT2D eigenvalue weighted by atomic mass is 10.0. The maximum Gasteiger partial charge on any atom is 0.317 e. The number of piperidine rings is 1. The first-order chi connectivity index (χ1) is 10.0. The van der Waals surface area contributed by atoms with E-state index in [0.717, 1.165) is 12.8 Å². The van der Waals surface area contributed by atoms with Gasteiger partial charge in [0.15, 0.2) is 0 Å². The molecule has 2 heterocycles. The zero-order chi connectivity index (χ0) is 15.4. The number of halogens is 1. The minimum absolute atomic E-state index is 0.0200. The van der Waals surface area contributed by atoms with E-state index in [4.69, 9.17) is 16.7 Å². The van der Waals surface area contributed by atoms with Gasteiger partial charge in [0, 0.05) is 19.1 Å². The number of amides is 1. The molecule has 0 atom stereocenters. The molecule has 1 N–H and O–H groups in total. The Labute approximate surface area is 133 Å². The maximum atomic E-state index is 12.3. The molecule has 0 aromatic carbocycles. The van der Waals surface area contributed by atoms with Gasteiger partial charge < -0.3 is 10.0 Å². The lowest BCUT2D eigenvalue weighted by Gasteiger charge is -2.37. The summed E-state index contributed by atoms with van der Waals surface area (Å²) < 4.78 is 0.617. The summed E-state index contributed by atoms with van der Waals surface area (Å²) in [5, 5.41) is 8.92. The van der Waals surface area contributed by atoms with Crippen molar-refractivity contribution in [2.24, 2.45) is 0 Å². The number of hydrogen-bond acceptors (Lipinski definition) is 4. The molecule has 116 valence electrons. The first-order valence-corrected chi connectivity index (χ1v) is 8.21. The smallest absolute Gasteiger partial charge is 0.317 e. The summed E-state index contributed by atoms with van der Waals surface area (Å²) in [6.07, 6.45) is 1.62. The molecule has 0 spiro atoms. The number of likely N-dealkylation sites (N-methyl/N-ethyl adjacent to an activating group) is 1. The fraction of sp³-hybridized carbons (Fsp3) is 0.571. The van der Waals surface area contributed by atoms with Crippen molar-refractivity contribution in [2.45, 2.75) is 25.8 Å². The van der Waals surface area contributed by atoms with E-state index in [2.05, 4.69) is 0 Å². The van der Waals surface area contributed by atoms with Gasteiger partial charge in [0.25, 0.3) is 5.91 Å². The Morgan fingerprint density at radius 1 is 1.43 bits per heavy atom. The topological polar surface area (TPSA) is 60.9 Å². The lowest BCUT2D eigenvalue weighted by molar-refractivity contribution is -0.139.